The summed E-state index contributed by atoms with van der Waals surface area (Å²) in [6, 6.07) is 8.35. The highest BCUT2D eigenvalue weighted by Crippen LogP contribution is 2.49. The Hall–Kier alpha value is -2.37. The summed E-state index contributed by atoms with van der Waals surface area (Å²) in [5, 5.41) is 0. The number of ether oxygens (including phenoxy) is 1. The second kappa shape index (κ2) is 9.01. The molecule has 0 bridgehead atoms. The van der Waals surface area contributed by atoms with E-state index in [9.17, 15) is 14.4 Å². The van der Waals surface area contributed by atoms with Gasteiger partial charge < -0.3 is 14.5 Å². The third-order valence-corrected chi connectivity index (χ3v) is 6.58. The molecule has 2 aliphatic rings. The zero-order valence-corrected chi connectivity index (χ0v) is 19.6. The number of nitrogens with zero attached hydrogens (tertiary/aromatic N) is 2. The van der Waals surface area contributed by atoms with Gasteiger partial charge in [-0.2, -0.15) is 0 Å². The Bertz CT molecular complexity index is 821. The van der Waals surface area contributed by atoms with Gasteiger partial charge in [0.25, 0.3) is 0 Å². The maximum Gasteiger partial charge on any atom is 0.310 e. The molecule has 3 rings (SSSR count). The fourth-order valence-electron chi connectivity index (χ4n) is 4.44. The van der Waals surface area contributed by atoms with E-state index in [0.717, 1.165) is 31.2 Å². The zero-order valence-electron chi connectivity index (χ0n) is 19.6. The van der Waals surface area contributed by atoms with E-state index in [1.165, 1.54) is 5.56 Å². The summed E-state index contributed by atoms with van der Waals surface area (Å²) in [5.41, 5.74) is 1.84. The van der Waals surface area contributed by atoms with Crippen LogP contribution in [0.1, 0.15) is 64.5 Å². The molecule has 170 valence electrons. The SMILES string of the molecule is CCOC(=O)C1CCCN(C(=O)CN(C)C(=O)C2(c3ccc(C(C)(C)C)cc3)CC2)C1. The Kier molecular flexibility index (Phi) is 6.77. The molecule has 2 amide bonds. The zero-order chi connectivity index (χ0) is 22.8. The number of hydrogen-bond donors (Lipinski definition) is 0. The molecule has 6 nitrogen and oxygen atoms in total. The van der Waals surface area contributed by atoms with Crippen molar-refractivity contribution in [1.82, 2.24) is 9.80 Å². The summed E-state index contributed by atoms with van der Waals surface area (Å²) in [7, 11) is 1.70. The number of likely N-dealkylation sites (tertiary alicyclic amines) is 1. The van der Waals surface area contributed by atoms with Gasteiger partial charge in [0.05, 0.1) is 24.5 Å². The number of amides is 2. The van der Waals surface area contributed by atoms with Gasteiger partial charge in [-0.25, -0.2) is 0 Å². The lowest BCUT2D eigenvalue weighted by Crippen LogP contribution is -2.48. The van der Waals surface area contributed by atoms with Crippen LogP contribution in [0.3, 0.4) is 0 Å². The fourth-order valence-corrected chi connectivity index (χ4v) is 4.44. The largest absolute Gasteiger partial charge is 0.466 e. The van der Waals surface area contributed by atoms with Gasteiger partial charge in [-0.15, -0.1) is 0 Å². The highest BCUT2D eigenvalue weighted by molar-refractivity contribution is 5.94. The Labute approximate surface area is 185 Å². The summed E-state index contributed by atoms with van der Waals surface area (Å²) in [5.74, 6) is -0.609. The summed E-state index contributed by atoms with van der Waals surface area (Å²) in [4.78, 5) is 41.4. The summed E-state index contributed by atoms with van der Waals surface area (Å²) >= 11 is 0. The molecule has 1 aromatic rings. The summed E-state index contributed by atoms with van der Waals surface area (Å²) < 4.78 is 5.12. The van der Waals surface area contributed by atoms with Crippen LogP contribution in [-0.4, -0.2) is 60.9 Å². The van der Waals surface area contributed by atoms with Crippen molar-refractivity contribution >= 4 is 17.8 Å². The van der Waals surface area contributed by atoms with E-state index in [1.54, 1.807) is 23.8 Å². The van der Waals surface area contributed by atoms with Gasteiger partial charge in [0.2, 0.25) is 11.8 Å². The van der Waals surface area contributed by atoms with E-state index in [0.29, 0.717) is 19.7 Å². The maximum atomic E-state index is 13.3. The normalized spacial score (nSPS) is 20.2. The third-order valence-electron chi connectivity index (χ3n) is 6.58. The van der Waals surface area contributed by atoms with E-state index >= 15 is 0 Å². The first kappa shape index (κ1) is 23.3. The molecular weight excluding hydrogens is 392 g/mol. The number of hydrogen-bond acceptors (Lipinski definition) is 4. The number of likely N-dealkylation sites (N-methyl/N-ethyl adjacent to an activating group) is 1. The molecular formula is C25H36N2O4. The van der Waals surface area contributed by atoms with Gasteiger partial charge in [-0.05, 0) is 49.1 Å². The highest BCUT2D eigenvalue weighted by Gasteiger charge is 2.52. The number of esters is 1. The van der Waals surface area contributed by atoms with Crippen molar-refractivity contribution in [1.29, 1.82) is 0 Å². The van der Waals surface area contributed by atoms with E-state index in [1.807, 2.05) is 0 Å². The van der Waals surface area contributed by atoms with E-state index in [-0.39, 0.29) is 35.7 Å². The number of rotatable bonds is 6. The molecule has 1 aliphatic carbocycles. The Morgan fingerprint density at radius 3 is 2.35 bits per heavy atom. The average Bonchev–Trinajstić information content (AvgIpc) is 3.55. The Morgan fingerprint density at radius 1 is 1.16 bits per heavy atom. The van der Waals surface area contributed by atoms with Crippen LogP contribution >= 0.6 is 0 Å². The van der Waals surface area contributed by atoms with Crippen LogP contribution in [0.15, 0.2) is 24.3 Å². The number of piperidine rings is 1. The van der Waals surface area contributed by atoms with Crippen LogP contribution in [0.2, 0.25) is 0 Å². The van der Waals surface area contributed by atoms with Crippen molar-refractivity contribution in [2.75, 3.05) is 33.3 Å². The molecule has 2 fully saturated rings. The van der Waals surface area contributed by atoms with Crippen molar-refractivity contribution in [2.45, 2.75) is 64.2 Å². The molecule has 1 aliphatic heterocycles. The molecule has 1 unspecified atom stereocenters. The molecule has 31 heavy (non-hydrogen) atoms. The highest BCUT2D eigenvalue weighted by atomic mass is 16.5. The number of carbonyl (C=O) groups excluding carboxylic acids is 3. The number of benzene rings is 1. The maximum absolute atomic E-state index is 13.3. The van der Waals surface area contributed by atoms with E-state index < -0.39 is 5.41 Å². The smallest absolute Gasteiger partial charge is 0.310 e. The van der Waals surface area contributed by atoms with Crippen LogP contribution in [0.5, 0.6) is 0 Å². The molecule has 1 atom stereocenters. The van der Waals surface area contributed by atoms with Crippen LogP contribution < -0.4 is 0 Å². The molecule has 0 spiro atoms. The molecule has 1 saturated heterocycles. The molecule has 0 aromatic heterocycles. The van der Waals surface area contributed by atoms with Gasteiger partial charge in [0.1, 0.15) is 0 Å². The fraction of sp³-hybridized carbons (Fsp3) is 0.640. The van der Waals surface area contributed by atoms with Crippen LogP contribution in [0.25, 0.3) is 0 Å². The third kappa shape index (κ3) is 5.10. The minimum Gasteiger partial charge on any atom is -0.466 e. The standard InChI is InChI=1S/C25H36N2O4/c1-6-31-22(29)18-8-7-15-27(16-18)21(28)17-26(5)23(30)25(13-14-25)20-11-9-19(10-12-20)24(2,3)4/h9-12,18H,6-8,13-17H2,1-5H3. The minimum absolute atomic E-state index is 0.00307. The topological polar surface area (TPSA) is 66.9 Å². The van der Waals surface area contributed by atoms with Crippen molar-refractivity contribution < 1.29 is 19.1 Å². The predicted octanol–water partition coefficient (Wildman–Crippen LogP) is 3.28. The monoisotopic (exact) mass is 428 g/mol. The summed E-state index contributed by atoms with van der Waals surface area (Å²) in [6.45, 7) is 9.69. The Balaban J connectivity index is 1.62. The molecule has 0 N–H and O–H groups in total. The average molecular weight is 429 g/mol. The van der Waals surface area contributed by atoms with E-state index in [4.69, 9.17) is 4.74 Å². The van der Waals surface area contributed by atoms with Crippen LogP contribution in [0.4, 0.5) is 0 Å². The quantitative estimate of drug-likeness (QED) is 0.652. The van der Waals surface area contributed by atoms with Gasteiger partial charge >= 0.3 is 5.97 Å². The van der Waals surface area contributed by atoms with Gasteiger partial charge in [-0.1, -0.05) is 45.0 Å². The lowest BCUT2D eigenvalue weighted by Gasteiger charge is -2.33. The minimum atomic E-state index is -0.499. The van der Waals surface area contributed by atoms with Crippen LogP contribution in [0, 0.1) is 5.92 Å². The molecule has 1 saturated carbocycles. The molecule has 0 radical (unpaired) electrons. The second-order valence-electron chi connectivity index (χ2n) is 10.0. The van der Waals surface area contributed by atoms with Crippen molar-refractivity contribution in [3.8, 4) is 0 Å². The molecule has 1 heterocycles. The first-order chi connectivity index (χ1) is 14.6. The lowest BCUT2D eigenvalue weighted by molar-refractivity contribution is -0.152. The van der Waals surface area contributed by atoms with Crippen LogP contribution in [-0.2, 0) is 30.0 Å². The van der Waals surface area contributed by atoms with Gasteiger partial charge in [-0.3, -0.25) is 14.4 Å². The van der Waals surface area contributed by atoms with Crippen molar-refractivity contribution in [3.63, 3.8) is 0 Å². The first-order valence-electron chi connectivity index (χ1n) is 11.4. The second-order valence-corrected chi connectivity index (χ2v) is 10.0. The Morgan fingerprint density at radius 2 is 1.81 bits per heavy atom. The van der Waals surface area contributed by atoms with Crippen molar-refractivity contribution in [2.24, 2.45) is 5.92 Å². The first-order valence-corrected chi connectivity index (χ1v) is 11.4. The number of carbonyl (C=O) groups is 3. The van der Waals surface area contributed by atoms with Gasteiger partial charge in [0, 0.05) is 20.1 Å². The summed E-state index contributed by atoms with van der Waals surface area (Å²) in [6.07, 6.45) is 3.14. The van der Waals surface area contributed by atoms with Crippen molar-refractivity contribution in [3.05, 3.63) is 35.4 Å². The molecule has 6 heteroatoms. The predicted molar refractivity (Wildman–Crippen MR) is 120 cm³/mol. The lowest BCUT2D eigenvalue weighted by atomic mass is 9.84. The van der Waals surface area contributed by atoms with E-state index in [2.05, 4.69) is 45.0 Å². The molecule has 1 aromatic carbocycles. The van der Waals surface area contributed by atoms with Gasteiger partial charge in [0.15, 0.2) is 0 Å².